The van der Waals surface area contributed by atoms with E-state index in [1.165, 1.54) is 11.8 Å². The van der Waals surface area contributed by atoms with Crippen LogP contribution in [-0.2, 0) is 9.59 Å². The summed E-state index contributed by atoms with van der Waals surface area (Å²) >= 11 is 0. The van der Waals surface area contributed by atoms with Gasteiger partial charge < -0.3 is 15.3 Å². The number of piperidine rings is 1. The fourth-order valence-corrected chi connectivity index (χ4v) is 2.06. The van der Waals surface area contributed by atoms with E-state index in [2.05, 4.69) is 5.32 Å². The number of nitrogens with zero attached hydrogens (tertiary/aromatic N) is 1. The van der Waals surface area contributed by atoms with Gasteiger partial charge in [0.05, 0.1) is 0 Å². The SMILES string of the molecule is CC(C(=O)O)N(C)C(=O)CCC1CCNCC1. The van der Waals surface area contributed by atoms with Crippen LogP contribution in [0.5, 0.6) is 0 Å². The fraction of sp³-hybridized carbons (Fsp3) is 0.833. The van der Waals surface area contributed by atoms with E-state index in [1.54, 1.807) is 7.05 Å². The highest BCUT2D eigenvalue weighted by atomic mass is 16.4. The number of hydrogen-bond acceptors (Lipinski definition) is 3. The van der Waals surface area contributed by atoms with Gasteiger partial charge in [-0.25, -0.2) is 4.79 Å². The van der Waals surface area contributed by atoms with Gasteiger partial charge in [0.15, 0.2) is 0 Å². The van der Waals surface area contributed by atoms with E-state index in [0.717, 1.165) is 32.4 Å². The standard InChI is InChI=1S/C12H22N2O3/c1-9(12(16)17)14(2)11(15)4-3-10-5-7-13-8-6-10/h9-10,13H,3-8H2,1-2H3,(H,16,17). The van der Waals surface area contributed by atoms with Crippen LogP contribution >= 0.6 is 0 Å². The fourth-order valence-electron chi connectivity index (χ4n) is 2.06. The molecule has 1 aliphatic heterocycles. The molecule has 1 heterocycles. The summed E-state index contributed by atoms with van der Waals surface area (Å²) in [5, 5.41) is 12.1. The Balaban J connectivity index is 2.30. The zero-order valence-electron chi connectivity index (χ0n) is 10.6. The van der Waals surface area contributed by atoms with Gasteiger partial charge in [-0.05, 0) is 45.2 Å². The monoisotopic (exact) mass is 242 g/mol. The van der Waals surface area contributed by atoms with Crippen LogP contribution in [0.4, 0.5) is 0 Å². The number of carboxylic acids is 1. The van der Waals surface area contributed by atoms with Crippen molar-refractivity contribution < 1.29 is 14.7 Å². The third-order valence-corrected chi connectivity index (χ3v) is 3.56. The predicted molar refractivity (Wildman–Crippen MR) is 64.7 cm³/mol. The van der Waals surface area contributed by atoms with Crippen molar-refractivity contribution in [3.05, 3.63) is 0 Å². The number of likely N-dealkylation sites (N-methyl/N-ethyl adjacent to an activating group) is 1. The number of carbonyl (C=O) groups is 2. The van der Waals surface area contributed by atoms with Crippen molar-refractivity contribution in [1.29, 1.82) is 0 Å². The molecule has 0 aliphatic carbocycles. The number of carbonyl (C=O) groups excluding carboxylic acids is 1. The largest absolute Gasteiger partial charge is 0.480 e. The molecule has 17 heavy (non-hydrogen) atoms. The van der Waals surface area contributed by atoms with Crippen molar-refractivity contribution in [3.63, 3.8) is 0 Å². The van der Waals surface area contributed by atoms with Gasteiger partial charge in [0.2, 0.25) is 5.91 Å². The maximum absolute atomic E-state index is 11.8. The third kappa shape index (κ3) is 4.34. The smallest absolute Gasteiger partial charge is 0.326 e. The van der Waals surface area contributed by atoms with E-state index in [0.29, 0.717) is 12.3 Å². The molecule has 1 rings (SSSR count). The summed E-state index contributed by atoms with van der Waals surface area (Å²) in [4.78, 5) is 23.9. The molecule has 5 nitrogen and oxygen atoms in total. The Labute approximate surface area is 102 Å². The lowest BCUT2D eigenvalue weighted by Gasteiger charge is -2.25. The van der Waals surface area contributed by atoms with Gasteiger partial charge in [-0.3, -0.25) is 4.79 Å². The van der Waals surface area contributed by atoms with Crippen LogP contribution in [0, 0.1) is 5.92 Å². The van der Waals surface area contributed by atoms with Gasteiger partial charge in [0.1, 0.15) is 6.04 Å². The minimum atomic E-state index is -0.956. The number of carboxylic acid groups (broad SMARTS) is 1. The summed E-state index contributed by atoms with van der Waals surface area (Å²) in [7, 11) is 1.56. The van der Waals surface area contributed by atoms with Crippen molar-refractivity contribution in [1.82, 2.24) is 10.2 Å². The first-order valence-electron chi connectivity index (χ1n) is 6.21. The van der Waals surface area contributed by atoms with Gasteiger partial charge in [-0.2, -0.15) is 0 Å². The highest BCUT2D eigenvalue weighted by Crippen LogP contribution is 2.18. The molecule has 0 aromatic carbocycles. The molecular weight excluding hydrogens is 220 g/mol. The lowest BCUT2D eigenvalue weighted by atomic mass is 9.93. The topological polar surface area (TPSA) is 69.6 Å². The van der Waals surface area contributed by atoms with E-state index in [9.17, 15) is 9.59 Å². The lowest BCUT2D eigenvalue weighted by Crippen LogP contribution is -2.40. The lowest BCUT2D eigenvalue weighted by molar-refractivity contribution is -0.148. The molecule has 0 saturated carbocycles. The second kappa shape index (κ2) is 6.59. The van der Waals surface area contributed by atoms with Gasteiger partial charge >= 0.3 is 5.97 Å². The first-order chi connectivity index (χ1) is 8.02. The molecule has 0 radical (unpaired) electrons. The number of hydrogen-bond donors (Lipinski definition) is 2. The molecular formula is C12H22N2O3. The summed E-state index contributed by atoms with van der Waals surface area (Å²) in [6.07, 6.45) is 3.56. The summed E-state index contributed by atoms with van der Waals surface area (Å²) in [5.74, 6) is -0.421. The van der Waals surface area contributed by atoms with Gasteiger partial charge in [0, 0.05) is 13.5 Å². The molecule has 1 amide bonds. The average molecular weight is 242 g/mol. The predicted octanol–water partition coefficient (Wildman–Crippen LogP) is 0.698. The molecule has 1 saturated heterocycles. The number of rotatable bonds is 5. The maximum atomic E-state index is 11.8. The van der Waals surface area contributed by atoms with Crippen LogP contribution in [0.3, 0.4) is 0 Å². The van der Waals surface area contributed by atoms with Crippen molar-refractivity contribution in [2.75, 3.05) is 20.1 Å². The second-order valence-electron chi connectivity index (χ2n) is 4.75. The van der Waals surface area contributed by atoms with Crippen molar-refractivity contribution in [2.45, 2.75) is 38.6 Å². The molecule has 1 fully saturated rings. The van der Waals surface area contributed by atoms with Crippen LogP contribution in [0.1, 0.15) is 32.6 Å². The normalized spacial score (nSPS) is 18.7. The Morgan fingerprint density at radius 3 is 2.53 bits per heavy atom. The highest BCUT2D eigenvalue weighted by Gasteiger charge is 2.22. The molecule has 0 spiro atoms. The van der Waals surface area contributed by atoms with Crippen molar-refractivity contribution >= 4 is 11.9 Å². The zero-order valence-corrected chi connectivity index (χ0v) is 10.6. The number of amides is 1. The van der Waals surface area contributed by atoms with E-state index in [4.69, 9.17) is 5.11 Å². The molecule has 1 aliphatic rings. The Morgan fingerprint density at radius 1 is 1.41 bits per heavy atom. The van der Waals surface area contributed by atoms with E-state index in [1.807, 2.05) is 0 Å². The van der Waals surface area contributed by atoms with Crippen molar-refractivity contribution in [3.8, 4) is 0 Å². The minimum absolute atomic E-state index is 0.0709. The highest BCUT2D eigenvalue weighted by molar-refractivity contribution is 5.83. The Kier molecular flexibility index (Phi) is 5.41. The number of aliphatic carboxylic acids is 1. The molecule has 0 bridgehead atoms. The first kappa shape index (κ1) is 14.0. The Morgan fingerprint density at radius 2 is 2.00 bits per heavy atom. The van der Waals surface area contributed by atoms with Crippen LogP contribution in [0.2, 0.25) is 0 Å². The molecule has 98 valence electrons. The average Bonchev–Trinajstić information content (AvgIpc) is 2.35. The van der Waals surface area contributed by atoms with Crippen LogP contribution in [0.15, 0.2) is 0 Å². The quantitative estimate of drug-likeness (QED) is 0.744. The van der Waals surface area contributed by atoms with Crippen LogP contribution in [-0.4, -0.2) is 48.1 Å². The number of nitrogens with one attached hydrogen (secondary N) is 1. The molecule has 0 aromatic rings. The van der Waals surface area contributed by atoms with Gasteiger partial charge in [-0.1, -0.05) is 0 Å². The molecule has 5 heteroatoms. The molecule has 0 aromatic heterocycles. The summed E-state index contributed by atoms with van der Waals surface area (Å²) < 4.78 is 0. The van der Waals surface area contributed by atoms with Crippen molar-refractivity contribution in [2.24, 2.45) is 5.92 Å². The summed E-state index contributed by atoms with van der Waals surface area (Å²) in [6.45, 7) is 3.59. The van der Waals surface area contributed by atoms with E-state index >= 15 is 0 Å². The van der Waals surface area contributed by atoms with Crippen LogP contribution in [0.25, 0.3) is 0 Å². The third-order valence-electron chi connectivity index (χ3n) is 3.56. The summed E-state index contributed by atoms with van der Waals surface area (Å²) in [5.41, 5.74) is 0. The Hall–Kier alpha value is -1.10. The van der Waals surface area contributed by atoms with Crippen LogP contribution < -0.4 is 5.32 Å². The zero-order chi connectivity index (χ0) is 12.8. The Bertz CT molecular complexity index is 275. The first-order valence-corrected chi connectivity index (χ1v) is 6.21. The van der Waals surface area contributed by atoms with Gasteiger partial charge in [0.25, 0.3) is 0 Å². The minimum Gasteiger partial charge on any atom is -0.480 e. The summed E-state index contributed by atoms with van der Waals surface area (Å²) in [6, 6.07) is -0.740. The maximum Gasteiger partial charge on any atom is 0.326 e. The van der Waals surface area contributed by atoms with E-state index < -0.39 is 12.0 Å². The van der Waals surface area contributed by atoms with E-state index in [-0.39, 0.29) is 5.91 Å². The molecule has 1 atom stereocenters. The molecule has 2 N–H and O–H groups in total. The molecule has 1 unspecified atom stereocenters. The second-order valence-corrected chi connectivity index (χ2v) is 4.75. The van der Waals surface area contributed by atoms with Gasteiger partial charge in [-0.15, -0.1) is 0 Å².